The molecule has 4 saturated carbocycles. The van der Waals surface area contributed by atoms with Gasteiger partial charge >= 0.3 is 0 Å². The summed E-state index contributed by atoms with van der Waals surface area (Å²) in [6.45, 7) is 5.27. The molecule has 1 nitrogen and oxygen atoms in total. The second-order valence-corrected chi connectivity index (χ2v) is 18.9. The zero-order valence-electron chi connectivity index (χ0n) is 35.3. The van der Waals surface area contributed by atoms with Crippen LogP contribution in [0.15, 0.2) is 176 Å². The minimum absolute atomic E-state index is 0.0510. The number of para-hydroxylation sites is 1. The Morgan fingerprint density at radius 1 is 0.450 bits per heavy atom. The van der Waals surface area contributed by atoms with Gasteiger partial charge in [-0.15, -0.1) is 0 Å². The zero-order valence-corrected chi connectivity index (χ0v) is 35.3. The lowest BCUT2D eigenvalue weighted by atomic mass is 9.51. The molecule has 298 valence electrons. The van der Waals surface area contributed by atoms with Gasteiger partial charge in [-0.1, -0.05) is 185 Å². The first-order chi connectivity index (χ1) is 29.6. The van der Waals surface area contributed by atoms with Crippen molar-refractivity contribution >= 4 is 17.1 Å². The highest BCUT2D eigenvalue weighted by molar-refractivity contribution is 5.94. The molecule has 7 unspecified atom stereocenters. The van der Waals surface area contributed by atoms with E-state index in [4.69, 9.17) is 0 Å². The maximum absolute atomic E-state index is 2.64. The van der Waals surface area contributed by atoms with Crippen molar-refractivity contribution < 1.29 is 0 Å². The summed E-state index contributed by atoms with van der Waals surface area (Å²) >= 11 is 0. The molecule has 12 rings (SSSR count). The number of rotatable bonds is 6. The Hall–Kier alpha value is -5.66. The van der Waals surface area contributed by atoms with Crippen LogP contribution in [0.25, 0.3) is 44.5 Å². The van der Waals surface area contributed by atoms with E-state index in [9.17, 15) is 0 Å². The van der Waals surface area contributed by atoms with Crippen LogP contribution in [0.4, 0.5) is 17.1 Å². The molecule has 60 heavy (non-hydrogen) atoms. The van der Waals surface area contributed by atoms with E-state index >= 15 is 0 Å². The second-order valence-electron chi connectivity index (χ2n) is 18.9. The van der Waals surface area contributed by atoms with Gasteiger partial charge in [0.15, 0.2) is 0 Å². The molecule has 0 radical (unpaired) electrons. The molecule has 0 N–H and O–H groups in total. The lowest BCUT2D eigenvalue weighted by Gasteiger charge is -2.52. The number of fused-ring (bicyclic) bond motifs is 6. The second kappa shape index (κ2) is 15.4. The standard InChI is InChI=1S/C59H57N/c1-40-37-48-39-47-20-13-15-42(38-54(40)47)28-27-41(2)59(48)55-24-11-9-22-53(55)58-52(23-14-25-56(58)59)46-31-35-50(36-32-46)60(49-33-29-44(30-34-49)43-16-5-3-6-17-43)57-26-12-10-21-51(57)45-18-7-4-8-19-45/h3-12,14,16-19,21-26,29-36,40-42,47-48,54H,13,15,20,27-28,37-39H2,1-2H3. The summed E-state index contributed by atoms with van der Waals surface area (Å²) in [4.78, 5) is 2.44. The molecule has 0 heterocycles. The molecule has 4 fully saturated rings. The van der Waals surface area contributed by atoms with Crippen molar-refractivity contribution in [2.75, 3.05) is 4.90 Å². The van der Waals surface area contributed by atoms with Crippen LogP contribution in [0.1, 0.15) is 76.3 Å². The summed E-state index contributed by atoms with van der Waals surface area (Å²) in [5.74, 6) is 4.76. The van der Waals surface area contributed by atoms with E-state index in [2.05, 4.69) is 195 Å². The Kier molecular flexibility index (Phi) is 9.60. The van der Waals surface area contributed by atoms with Crippen LogP contribution in [0.5, 0.6) is 0 Å². The predicted molar refractivity (Wildman–Crippen MR) is 253 cm³/mol. The summed E-state index contributed by atoms with van der Waals surface area (Å²) in [5, 5.41) is 0. The summed E-state index contributed by atoms with van der Waals surface area (Å²) in [6.07, 6.45) is 11.3. The van der Waals surface area contributed by atoms with Gasteiger partial charge in [0.05, 0.1) is 5.69 Å². The highest BCUT2D eigenvalue weighted by atomic mass is 15.1. The first-order valence-corrected chi connectivity index (χ1v) is 23.0. The van der Waals surface area contributed by atoms with Gasteiger partial charge in [0.2, 0.25) is 0 Å². The summed E-state index contributed by atoms with van der Waals surface area (Å²) in [6, 6.07) is 65.9. The number of anilines is 3. The maximum atomic E-state index is 2.64. The molecule has 4 bridgehead atoms. The van der Waals surface area contributed by atoms with Gasteiger partial charge < -0.3 is 4.90 Å². The molecule has 7 aromatic carbocycles. The monoisotopic (exact) mass is 779 g/mol. The van der Waals surface area contributed by atoms with Gasteiger partial charge in [0.25, 0.3) is 0 Å². The summed E-state index contributed by atoms with van der Waals surface area (Å²) < 4.78 is 0. The number of benzene rings is 7. The van der Waals surface area contributed by atoms with E-state index in [0.717, 1.165) is 35.0 Å². The van der Waals surface area contributed by atoms with Gasteiger partial charge in [-0.3, -0.25) is 0 Å². The molecule has 5 aliphatic carbocycles. The van der Waals surface area contributed by atoms with Crippen molar-refractivity contribution in [3.8, 4) is 44.5 Å². The fraction of sp³-hybridized carbons (Fsp3) is 0.288. The highest BCUT2D eigenvalue weighted by Gasteiger charge is 2.55. The van der Waals surface area contributed by atoms with Crippen LogP contribution < -0.4 is 4.90 Å². The Morgan fingerprint density at radius 3 is 1.78 bits per heavy atom. The van der Waals surface area contributed by atoms with Crippen molar-refractivity contribution in [1.82, 2.24) is 0 Å². The molecule has 7 atom stereocenters. The van der Waals surface area contributed by atoms with Crippen molar-refractivity contribution in [1.29, 1.82) is 0 Å². The van der Waals surface area contributed by atoms with Crippen molar-refractivity contribution in [2.24, 2.45) is 35.5 Å². The number of hydrogen-bond acceptors (Lipinski definition) is 1. The average Bonchev–Trinajstić information content (AvgIpc) is 3.44. The minimum atomic E-state index is 0.0510. The highest BCUT2D eigenvalue weighted by Crippen LogP contribution is 2.64. The fourth-order valence-electron chi connectivity index (χ4n) is 13.2. The van der Waals surface area contributed by atoms with Crippen molar-refractivity contribution in [3.63, 3.8) is 0 Å². The predicted octanol–water partition coefficient (Wildman–Crippen LogP) is 16.3. The van der Waals surface area contributed by atoms with Crippen LogP contribution in [-0.2, 0) is 5.41 Å². The van der Waals surface area contributed by atoms with Crippen molar-refractivity contribution in [2.45, 2.75) is 70.6 Å². The molecule has 0 aromatic heterocycles. The summed E-state index contributed by atoms with van der Waals surface area (Å²) in [5.41, 5.74) is 17.2. The third-order valence-electron chi connectivity index (χ3n) is 15.9. The minimum Gasteiger partial charge on any atom is -0.310 e. The summed E-state index contributed by atoms with van der Waals surface area (Å²) in [7, 11) is 0. The topological polar surface area (TPSA) is 3.24 Å². The Bertz CT molecular complexity index is 2610. The lowest BCUT2D eigenvalue weighted by molar-refractivity contribution is 0.0391. The molecule has 0 saturated heterocycles. The Labute approximate surface area is 358 Å². The third kappa shape index (κ3) is 6.19. The van der Waals surface area contributed by atoms with E-state index in [0.29, 0.717) is 11.8 Å². The number of hydrogen-bond donors (Lipinski definition) is 0. The van der Waals surface area contributed by atoms with Crippen molar-refractivity contribution in [3.05, 3.63) is 187 Å². The molecular weight excluding hydrogens is 723 g/mol. The molecular formula is C59H57N. The molecule has 1 spiro atoms. The van der Waals surface area contributed by atoms with E-state index in [1.165, 1.54) is 102 Å². The zero-order chi connectivity index (χ0) is 40.2. The SMILES string of the molecule is CC1CC2CC3CCCC(CCC(C)C24c2ccccc2-c2c(-c5ccc(N(c6ccc(-c7ccccc7)cc6)c6ccccc6-c6ccccc6)cc5)cccc24)CC13. The van der Waals surface area contributed by atoms with E-state index in [1.54, 1.807) is 11.1 Å². The Balaban J connectivity index is 1.03. The lowest BCUT2D eigenvalue weighted by Crippen LogP contribution is -2.47. The first-order valence-electron chi connectivity index (χ1n) is 23.0. The van der Waals surface area contributed by atoms with E-state index < -0.39 is 0 Å². The maximum Gasteiger partial charge on any atom is 0.0540 e. The van der Waals surface area contributed by atoms with E-state index in [1.807, 2.05) is 0 Å². The Morgan fingerprint density at radius 2 is 1.03 bits per heavy atom. The third-order valence-corrected chi connectivity index (χ3v) is 15.9. The smallest absolute Gasteiger partial charge is 0.0540 e. The van der Waals surface area contributed by atoms with Gasteiger partial charge in [0.1, 0.15) is 0 Å². The molecule has 0 aliphatic heterocycles. The van der Waals surface area contributed by atoms with Gasteiger partial charge in [-0.2, -0.15) is 0 Å². The molecule has 5 aliphatic rings. The van der Waals surface area contributed by atoms with Crippen LogP contribution in [0.2, 0.25) is 0 Å². The van der Waals surface area contributed by atoms with Gasteiger partial charge in [-0.25, -0.2) is 0 Å². The largest absolute Gasteiger partial charge is 0.310 e. The average molecular weight is 780 g/mol. The first kappa shape index (κ1) is 37.3. The molecule has 7 aromatic rings. The van der Waals surface area contributed by atoms with Gasteiger partial charge in [0, 0.05) is 22.4 Å². The van der Waals surface area contributed by atoms with Crippen LogP contribution in [0, 0.1) is 35.5 Å². The molecule has 1 heteroatoms. The fourth-order valence-corrected chi connectivity index (χ4v) is 13.2. The van der Waals surface area contributed by atoms with Crippen LogP contribution >= 0.6 is 0 Å². The number of nitrogens with zero attached hydrogens (tertiary/aromatic N) is 1. The van der Waals surface area contributed by atoms with Gasteiger partial charge in [-0.05, 0) is 142 Å². The van der Waals surface area contributed by atoms with Crippen LogP contribution in [-0.4, -0.2) is 0 Å². The quantitative estimate of drug-likeness (QED) is 0.162. The van der Waals surface area contributed by atoms with E-state index in [-0.39, 0.29) is 5.41 Å². The normalized spacial score (nSPS) is 25.4. The van der Waals surface area contributed by atoms with Crippen LogP contribution in [0.3, 0.4) is 0 Å². The molecule has 0 amide bonds.